The molecule has 0 unspecified atom stereocenters. The van der Waals surface area contributed by atoms with Crippen molar-refractivity contribution in [3.8, 4) is 0 Å². The fraction of sp³-hybridized carbons (Fsp3) is 0.143. The maximum absolute atomic E-state index is 10.6. The Labute approximate surface area is 93.1 Å². The molecule has 90 valence electrons. The van der Waals surface area contributed by atoms with Gasteiger partial charge in [-0.15, -0.1) is 0 Å². The van der Waals surface area contributed by atoms with Crippen LogP contribution in [0.4, 0.5) is 17.1 Å². The lowest BCUT2D eigenvalue weighted by Gasteiger charge is -2.01. The Morgan fingerprint density at radius 3 is 1.59 bits per heavy atom. The standard InChI is InChI=1S/C7H6N4O6/c8-3-5-6(10(14)15)1-4(9(12)13)2-7(5)11(16)17/h1-2H,3,8H2. The fourth-order valence-electron chi connectivity index (χ4n) is 1.27. The third-order valence-corrected chi connectivity index (χ3v) is 2.00. The molecule has 0 atom stereocenters. The molecule has 0 aromatic heterocycles. The van der Waals surface area contributed by atoms with Crippen molar-refractivity contribution in [3.05, 3.63) is 48.0 Å². The number of nitrogens with zero attached hydrogens (tertiary/aromatic N) is 3. The van der Waals surface area contributed by atoms with Crippen LogP contribution in [0.5, 0.6) is 0 Å². The summed E-state index contributed by atoms with van der Waals surface area (Å²) in [7, 11) is 0. The van der Waals surface area contributed by atoms with Crippen molar-refractivity contribution < 1.29 is 14.8 Å². The van der Waals surface area contributed by atoms with E-state index in [0.29, 0.717) is 12.1 Å². The van der Waals surface area contributed by atoms with Crippen LogP contribution in [0.1, 0.15) is 5.56 Å². The van der Waals surface area contributed by atoms with Gasteiger partial charge in [0.15, 0.2) is 0 Å². The summed E-state index contributed by atoms with van der Waals surface area (Å²) in [4.78, 5) is 28.9. The van der Waals surface area contributed by atoms with E-state index in [2.05, 4.69) is 0 Å². The Kier molecular flexibility index (Phi) is 3.29. The summed E-state index contributed by atoms with van der Waals surface area (Å²) < 4.78 is 0. The second kappa shape index (κ2) is 4.49. The fourth-order valence-corrected chi connectivity index (χ4v) is 1.27. The minimum atomic E-state index is -0.944. The lowest BCUT2D eigenvalue weighted by Crippen LogP contribution is -2.07. The minimum Gasteiger partial charge on any atom is -0.326 e. The zero-order valence-electron chi connectivity index (χ0n) is 8.23. The molecule has 0 heterocycles. The maximum atomic E-state index is 10.6. The number of hydrogen-bond donors (Lipinski definition) is 1. The van der Waals surface area contributed by atoms with Crippen LogP contribution in [0, 0.1) is 30.3 Å². The minimum absolute atomic E-state index is 0.342. The van der Waals surface area contributed by atoms with Crippen LogP contribution in [0.2, 0.25) is 0 Å². The molecule has 2 N–H and O–H groups in total. The van der Waals surface area contributed by atoms with Crippen molar-refractivity contribution in [1.29, 1.82) is 0 Å². The topological polar surface area (TPSA) is 155 Å². The molecule has 10 heteroatoms. The van der Waals surface area contributed by atoms with E-state index in [9.17, 15) is 30.3 Å². The molecule has 10 nitrogen and oxygen atoms in total. The summed E-state index contributed by atoms with van der Waals surface area (Å²) in [6.45, 7) is -0.454. The number of benzene rings is 1. The molecule has 0 amide bonds. The number of rotatable bonds is 4. The molecule has 0 fully saturated rings. The average Bonchev–Trinajstić information content (AvgIpc) is 2.26. The molecule has 1 aromatic rings. The SMILES string of the molecule is NCc1c([N+](=O)[O-])cc([N+](=O)[O-])cc1[N+](=O)[O-]. The van der Waals surface area contributed by atoms with Gasteiger partial charge in [-0.05, 0) is 0 Å². The van der Waals surface area contributed by atoms with E-state index in [1.54, 1.807) is 0 Å². The van der Waals surface area contributed by atoms with Crippen LogP contribution < -0.4 is 5.73 Å². The van der Waals surface area contributed by atoms with Crippen molar-refractivity contribution in [2.45, 2.75) is 6.54 Å². The number of non-ortho nitro benzene ring substituents is 1. The van der Waals surface area contributed by atoms with Gasteiger partial charge in [0, 0.05) is 6.54 Å². The predicted molar refractivity (Wildman–Crippen MR) is 54.3 cm³/mol. The summed E-state index contributed by atoms with van der Waals surface area (Å²) in [5, 5.41) is 31.7. The molecule has 1 aromatic carbocycles. The molecular formula is C7H6N4O6. The monoisotopic (exact) mass is 242 g/mol. The van der Waals surface area contributed by atoms with Crippen LogP contribution >= 0.6 is 0 Å². The van der Waals surface area contributed by atoms with E-state index < -0.39 is 38.4 Å². The normalized spacial score (nSPS) is 9.94. The maximum Gasteiger partial charge on any atom is 0.287 e. The third-order valence-electron chi connectivity index (χ3n) is 2.00. The summed E-state index contributed by atoms with van der Waals surface area (Å²) in [5.41, 5.74) is 2.65. The van der Waals surface area contributed by atoms with Crippen LogP contribution in [0.15, 0.2) is 12.1 Å². The second-order valence-electron chi connectivity index (χ2n) is 2.94. The van der Waals surface area contributed by atoms with E-state index in [1.807, 2.05) is 0 Å². The highest BCUT2D eigenvalue weighted by Crippen LogP contribution is 2.32. The van der Waals surface area contributed by atoms with Crippen LogP contribution in [-0.4, -0.2) is 14.8 Å². The summed E-state index contributed by atoms with van der Waals surface area (Å²) in [6, 6.07) is 1.30. The molecule has 0 radical (unpaired) electrons. The Morgan fingerprint density at radius 1 is 0.941 bits per heavy atom. The second-order valence-corrected chi connectivity index (χ2v) is 2.94. The van der Waals surface area contributed by atoms with Gasteiger partial charge < -0.3 is 5.73 Å². The van der Waals surface area contributed by atoms with Crippen molar-refractivity contribution in [1.82, 2.24) is 0 Å². The van der Waals surface area contributed by atoms with E-state index in [-0.39, 0.29) is 5.56 Å². The molecule has 0 saturated heterocycles. The van der Waals surface area contributed by atoms with Gasteiger partial charge in [0.25, 0.3) is 17.1 Å². The first-order chi connectivity index (χ1) is 7.88. The zero-order valence-corrected chi connectivity index (χ0v) is 8.23. The molecule has 0 spiro atoms. The Bertz CT molecular complexity index is 478. The molecule has 0 aliphatic heterocycles. The van der Waals surface area contributed by atoms with E-state index in [0.717, 1.165) is 0 Å². The Balaban J connectivity index is 3.63. The molecule has 17 heavy (non-hydrogen) atoms. The van der Waals surface area contributed by atoms with Gasteiger partial charge in [-0.2, -0.15) is 0 Å². The lowest BCUT2D eigenvalue weighted by molar-refractivity contribution is -0.404. The van der Waals surface area contributed by atoms with Crippen LogP contribution in [-0.2, 0) is 6.54 Å². The largest absolute Gasteiger partial charge is 0.326 e. The first-order valence-electron chi connectivity index (χ1n) is 4.18. The van der Waals surface area contributed by atoms with E-state index in [1.165, 1.54) is 0 Å². The quantitative estimate of drug-likeness (QED) is 0.606. The van der Waals surface area contributed by atoms with Gasteiger partial charge in [-0.1, -0.05) is 0 Å². The summed E-state index contributed by atoms with van der Waals surface area (Å²) >= 11 is 0. The molecule has 0 bridgehead atoms. The first-order valence-corrected chi connectivity index (χ1v) is 4.18. The van der Waals surface area contributed by atoms with Crippen molar-refractivity contribution in [2.75, 3.05) is 0 Å². The van der Waals surface area contributed by atoms with Gasteiger partial charge in [0.05, 0.1) is 26.9 Å². The summed E-state index contributed by atoms with van der Waals surface area (Å²) in [6.07, 6.45) is 0. The lowest BCUT2D eigenvalue weighted by atomic mass is 10.1. The van der Waals surface area contributed by atoms with Crippen molar-refractivity contribution in [3.63, 3.8) is 0 Å². The molecule has 0 aliphatic carbocycles. The Morgan fingerprint density at radius 2 is 1.35 bits per heavy atom. The molecule has 0 aliphatic rings. The first kappa shape index (κ1) is 12.4. The van der Waals surface area contributed by atoms with Gasteiger partial charge in [0.2, 0.25) is 0 Å². The van der Waals surface area contributed by atoms with Gasteiger partial charge in [0.1, 0.15) is 5.56 Å². The van der Waals surface area contributed by atoms with Gasteiger partial charge in [-0.25, -0.2) is 0 Å². The molecular weight excluding hydrogens is 236 g/mol. The van der Waals surface area contributed by atoms with E-state index in [4.69, 9.17) is 5.73 Å². The van der Waals surface area contributed by atoms with E-state index >= 15 is 0 Å². The predicted octanol–water partition coefficient (Wildman–Crippen LogP) is 0.870. The highest BCUT2D eigenvalue weighted by Gasteiger charge is 2.29. The number of nitro groups is 3. The molecule has 0 saturated carbocycles. The third kappa shape index (κ3) is 2.31. The Hall–Kier alpha value is -2.62. The van der Waals surface area contributed by atoms with Crippen LogP contribution in [0.3, 0.4) is 0 Å². The van der Waals surface area contributed by atoms with Gasteiger partial charge >= 0.3 is 0 Å². The van der Waals surface area contributed by atoms with Gasteiger partial charge in [-0.3, -0.25) is 30.3 Å². The number of nitrogens with two attached hydrogens (primary N) is 1. The summed E-state index contributed by atoms with van der Waals surface area (Å²) in [5.74, 6) is 0. The zero-order chi connectivity index (χ0) is 13.2. The smallest absolute Gasteiger partial charge is 0.287 e. The highest BCUT2D eigenvalue weighted by atomic mass is 16.6. The number of nitro benzene ring substituents is 3. The van der Waals surface area contributed by atoms with Crippen molar-refractivity contribution >= 4 is 17.1 Å². The number of hydrogen-bond acceptors (Lipinski definition) is 7. The molecule has 1 rings (SSSR count). The highest BCUT2D eigenvalue weighted by molar-refractivity contribution is 5.60. The average molecular weight is 242 g/mol. The van der Waals surface area contributed by atoms with Crippen LogP contribution in [0.25, 0.3) is 0 Å². The van der Waals surface area contributed by atoms with Crippen molar-refractivity contribution in [2.24, 2.45) is 5.73 Å².